The molecule has 0 spiro atoms. The minimum absolute atomic E-state index is 0.540. The summed E-state index contributed by atoms with van der Waals surface area (Å²) in [6.45, 7) is 5.61. The summed E-state index contributed by atoms with van der Waals surface area (Å²) in [6, 6.07) is 0. The minimum Gasteiger partial charge on any atom is -0.378 e. The van der Waals surface area contributed by atoms with Crippen LogP contribution in [0.4, 0.5) is 0 Å². The predicted molar refractivity (Wildman–Crippen MR) is 60.3 cm³/mol. The van der Waals surface area contributed by atoms with E-state index in [1.54, 1.807) is 0 Å². The minimum atomic E-state index is 0.540. The quantitative estimate of drug-likeness (QED) is 0.546. The van der Waals surface area contributed by atoms with Gasteiger partial charge in [0.25, 0.3) is 0 Å². The van der Waals surface area contributed by atoms with Crippen LogP contribution in [0.2, 0.25) is 0 Å². The van der Waals surface area contributed by atoms with Gasteiger partial charge in [-0.05, 0) is 37.5 Å². The van der Waals surface area contributed by atoms with Crippen molar-refractivity contribution in [3.63, 3.8) is 0 Å². The summed E-state index contributed by atoms with van der Waals surface area (Å²) in [5.41, 5.74) is 0. The molecule has 1 fully saturated rings. The monoisotopic (exact) mass is 248 g/mol. The highest BCUT2D eigenvalue weighted by Crippen LogP contribution is 2.30. The van der Waals surface area contributed by atoms with Crippen LogP contribution in [0.1, 0.15) is 39.5 Å². The van der Waals surface area contributed by atoms with Crippen molar-refractivity contribution in [2.45, 2.75) is 45.6 Å². The Kier molecular flexibility index (Phi) is 5.34. The third kappa shape index (κ3) is 4.46. The Balaban J connectivity index is 2.17. The molecule has 0 aromatic rings. The van der Waals surface area contributed by atoms with Gasteiger partial charge in [-0.25, -0.2) is 0 Å². The molecule has 13 heavy (non-hydrogen) atoms. The number of hydrogen-bond donors (Lipinski definition) is 0. The number of halogens is 1. The lowest BCUT2D eigenvalue weighted by Crippen LogP contribution is -2.26. The SMILES string of the molecule is CC1CC(C)CC(OCCCBr)C1. The second kappa shape index (κ2) is 6.02. The van der Waals surface area contributed by atoms with E-state index in [0.29, 0.717) is 6.10 Å². The summed E-state index contributed by atoms with van der Waals surface area (Å²) in [5.74, 6) is 1.72. The second-order valence-corrected chi connectivity index (χ2v) is 5.25. The highest BCUT2D eigenvalue weighted by atomic mass is 79.9. The summed E-state index contributed by atoms with van der Waals surface area (Å²) in [7, 11) is 0. The maximum Gasteiger partial charge on any atom is 0.0580 e. The molecule has 0 saturated heterocycles. The molecule has 2 unspecified atom stereocenters. The van der Waals surface area contributed by atoms with E-state index in [0.717, 1.165) is 30.2 Å². The van der Waals surface area contributed by atoms with E-state index in [9.17, 15) is 0 Å². The van der Waals surface area contributed by atoms with Gasteiger partial charge in [-0.1, -0.05) is 29.8 Å². The van der Waals surface area contributed by atoms with Gasteiger partial charge in [0.1, 0.15) is 0 Å². The van der Waals surface area contributed by atoms with Crippen molar-refractivity contribution in [1.29, 1.82) is 0 Å². The fourth-order valence-corrected chi connectivity index (χ4v) is 2.54. The normalized spacial score (nSPS) is 34.8. The summed E-state index contributed by atoms with van der Waals surface area (Å²) < 4.78 is 5.83. The fourth-order valence-electron chi connectivity index (χ4n) is 2.31. The van der Waals surface area contributed by atoms with Crippen LogP contribution < -0.4 is 0 Å². The van der Waals surface area contributed by atoms with Crippen molar-refractivity contribution in [3.05, 3.63) is 0 Å². The number of hydrogen-bond acceptors (Lipinski definition) is 1. The molecule has 0 radical (unpaired) electrons. The average molecular weight is 249 g/mol. The van der Waals surface area contributed by atoms with E-state index in [1.165, 1.54) is 19.3 Å². The zero-order valence-electron chi connectivity index (χ0n) is 8.76. The largest absolute Gasteiger partial charge is 0.378 e. The topological polar surface area (TPSA) is 9.23 Å². The molecule has 0 bridgehead atoms. The highest BCUT2D eigenvalue weighted by molar-refractivity contribution is 9.09. The molecule has 1 rings (SSSR count). The van der Waals surface area contributed by atoms with Crippen LogP contribution >= 0.6 is 15.9 Å². The highest BCUT2D eigenvalue weighted by Gasteiger charge is 2.23. The molecule has 0 aromatic carbocycles. The van der Waals surface area contributed by atoms with Gasteiger partial charge in [-0.15, -0.1) is 0 Å². The zero-order valence-corrected chi connectivity index (χ0v) is 10.3. The van der Waals surface area contributed by atoms with Gasteiger partial charge in [-0.2, -0.15) is 0 Å². The molecule has 0 aromatic heterocycles. The molecule has 2 atom stereocenters. The van der Waals surface area contributed by atoms with E-state index < -0.39 is 0 Å². The van der Waals surface area contributed by atoms with Gasteiger partial charge in [0.15, 0.2) is 0 Å². The van der Waals surface area contributed by atoms with Crippen LogP contribution in [-0.4, -0.2) is 18.0 Å². The first-order chi connectivity index (χ1) is 6.22. The lowest BCUT2D eigenvalue weighted by atomic mass is 9.82. The van der Waals surface area contributed by atoms with E-state index in [4.69, 9.17) is 4.74 Å². The van der Waals surface area contributed by atoms with Gasteiger partial charge < -0.3 is 4.74 Å². The Morgan fingerprint density at radius 1 is 1.15 bits per heavy atom. The molecule has 0 amide bonds. The van der Waals surface area contributed by atoms with Gasteiger partial charge in [0.2, 0.25) is 0 Å². The van der Waals surface area contributed by atoms with Gasteiger partial charge >= 0.3 is 0 Å². The third-order valence-electron chi connectivity index (χ3n) is 2.77. The van der Waals surface area contributed by atoms with Gasteiger partial charge in [0, 0.05) is 11.9 Å². The number of alkyl halides is 1. The Morgan fingerprint density at radius 3 is 2.31 bits per heavy atom. The average Bonchev–Trinajstić information content (AvgIpc) is 2.03. The first-order valence-electron chi connectivity index (χ1n) is 5.40. The molecule has 1 aliphatic rings. The van der Waals surface area contributed by atoms with Crippen LogP contribution in [0.3, 0.4) is 0 Å². The molecule has 78 valence electrons. The van der Waals surface area contributed by atoms with E-state index in [-0.39, 0.29) is 0 Å². The van der Waals surface area contributed by atoms with Crippen molar-refractivity contribution in [2.24, 2.45) is 11.8 Å². The maximum atomic E-state index is 5.83. The Labute approximate surface area is 90.4 Å². The molecule has 1 aliphatic carbocycles. The molecular weight excluding hydrogens is 228 g/mol. The van der Waals surface area contributed by atoms with E-state index >= 15 is 0 Å². The van der Waals surface area contributed by atoms with Crippen molar-refractivity contribution < 1.29 is 4.74 Å². The number of ether oxygens (including phenoxy) is 1. The lowest BCUT2D eigenvalue weighted by Gasteiger charge is -2.31. The lowest BCUT2D eigenvalue weighted by molar-refractivity contribution is 0.00182. The smallest absolute Gasteiger partial charge is 0.0580 e. The second-order valence-electron chi connectivity index (χ2n) is 4.45. The molecular formula is C11H21BrO. The molecule has 0 N–H and O–H groups in total. The van der Waals surface area contributed by atoms with E-state index in [2.05, 4.69) is 29.8 Å². The van der Waals surface area contributed by atoms with Crippen molar-refractivity contribution in [3.8, 4) is 0 Å². The Morgan fingerprint density at radius 2 is 1.77 bits per heavy atom. The zero-order chi connectivity index (χ0) is 9.68. The summed E-state index contributed by atoms with van der Waals surface area (Å²) in [6.07, 6.45) is 5.61. The molecule has 1 saturated carbocycles. The van der Waals surface area contributed by atoms with Crippen molar-refractivity contribution >= 4 is 15.9 Å². The Hall–Kier alpha value is 0.440. The number of rotatable bonds is 4. The fraction of sp³-hybridized carbons (Fsp3) is 1.00. The predicted octanol–water partition coefficient (Wildman–Crippen LogP) is 3.61. The van der Waals surface area contributed by atoms with Crippen LogP contribution in [-0.2, 0) is 4.74 Å². The van der Waals surface area contributed by atoms with E-state index in [1.807, 2.05) is 0 Å². The summed E-state index contributed by atoms with van der Waals surface area (Å²) in [5, 5.41) is 1.06. The molecule has 2 heteroatoms. The van der Waals surface area contributed by atoms with Crippen molar-refractivity contribution in [1.82, 2.24) is 0 Å². The first kappa shape index (κ1) is 11.5. The van der Waals surface area contributed by atoms with Crippen LogP contribution in [0.25, 0.3) is 0 Å². The van der Waals surface area contributed by atoms with Crippen LogP contribution in [0, 0.1) is 11.8 Å². The molecule has 0 heterocycles. The van der Waals surface area contributed by atoms with Crippen LogP contribution in [0.15, 0.2) is 0 Å². The van der Waals surface area contributed by atoms with Gasteiger partial charge in [-0.3, -0.25) is 0 Å². The Bertz CT molecular complexity index is 128. The summed E-state index contributed by atoms with van der Waals surface area (Å²) >= 11 is 3.42. The molecule has 1 nitrogen and oxygen atoms in total. The standard InChI is InChI=1S/C11H21BrO/c1-9-6-10(2)8-11(7-9)13-5-3-4-12/h9-11H,3-8H2,1-2H3. The maximum absolute atomic E-state index is 5.83. The first-order valence-corrected chi connectivity index (χ1v) is 6.52. The van der Waals surface area contributed by atoms with Crippen LogP contribution in [0.5, 0.6) is 0 Å². The van der Waals surface area contributed by atoms with Crippen molar-refractivity contribution in [2.75, 3.05) is 11.9 Å². The summed E-state index contributed by atoms with van der Waals surface area (Å²) in [4.78, 5) is 0. The third-order valence-corrected chi connectivity index (χ3v) is 3.33. The van der Waals surface area contributed by atoms with Gasteiger partial charge in [0.05, 0.1) is 6.10 Å². The molecule has 0 aliphatic heterocycles.